The molecule has 1 aromatic rings. The lowest BCUT2D eigenvalue weighted by Gasteiger charge is -2.40. The molecule has 3 rings (SSSR count). The molecule has 0 atom stereocenters. The third-order valence-electron chi connectivity index (χ3n) is 5.24. The summed E-state index contributed by atoms with van der Waals surface area (Å²) in [6.07, 6.45) is 5.56. The first-order valence-electron chi connectivity index (χ1n) is 8.26. The van der Waals surface area contributed by atoms with Crippen LogP contribution in [0.1, 0.15) is 37.7 Å². The van der Waals surface area contributed by atoms with E-state index < -0.39 is 0 Å². The summed E-state index contributed by atoms with van der Waals surface area (Å²) in [6, 6.07) is 13.7. The van der Waals surface area contributed by atoms with E-state index in [4.69, 9.17) is 0 Å². The second kappa shape index (κ2) is 6.60. The van der Waals surface area contributed by atoms with Crippen molar-refractivity contribution in [3.63, 3.8) is 0 Å². The molecule has 1 heterocycles. The Kier molecular flexibility index (Phi) is 4.57. The van der Waals surface area contributed by atoms with Gasteiger partial charge in [-0.2, -0.15) is 5.26 Å². The number of hydrogen-bond acceptors (Lipinski definition) is 3. The Morgan fingerprint density at radius 3 is 2.57 bits per heavy atom. The van der Waals surface area contributed by atoms with Gasteiger partial charge >= 0.3 is 0 Å². The maximum absolute atomic E-state index is 9.76. The highest BCUT2D eigenvalue weighted by atomic mass is 15.2. The van der Waals surface area contributed by atoms with Gasteiger partial charge in [-0.15, -0.1) is 0 Å². The SMILES string of the molecule is N#CC1(c2ccccc2)CCC(N2CCCNCC2)CC1. The van der Waals surface area contributed by atoms with Gasteiger partial charge in [0.1, 0.15) is 0 Å². The second-order valence-corrected chi connectivity index (χ2v) is 6.43. The standard InChI is InChI=1S/C18H25N3/c19-15-18(16-5-2-1-3-6-16)9-7-17(8-10-18)21-13-4-11-20-12-14-21/h1-3,5-6,17,20H,4,7-14H2. The van der Waals surface area contributed by atoms with Gasteiger partial charge in [0.2, 0.25) is 0 Å². The van der Waals surface area contributed by atoms with E-state index in [1.807, 2.05) is 6.07 Å². The molecule has 1 saturated carbocycles. The summed E-state index contributed by atoms with van der Waals surface area (Å²) < 4.78 is 0. The zero-order chi connectivity index (χ0) is 14.5. The molecule has 3 nitrogen and oxygen atoms in total. The Labute approximate surface area is 128 Å². The topological polar surface area (TPSA) is 39.1 Å². The van der Waals surface area contributed by atoms with Crippen LogP contribution in [0.2, 0.25) is 0 Å². The maximum atomic E-state index is 9.76. The summed E-state index contributed by atoms with van der Waals surface area (Å²) >= 11 is 0. The normalized spacial score (nSPS) is 31.3. The van der Waals surface area contributed by atoms with Crippen LogP contribution in [0.3, 0.4) is 0 Å². The number of nitriles is 1. The Bertz CT molecular complexity index is 475. The van der Waals surface area contributed by atoms with Gasteiger partial charge in [-0.3, -0.25) is 4.90 Å². The van der Waals surface area contributed by atoms with E-state index in [1.54, 1.807) is 0 Å². The minimum atomic E-state index is -0.248. The van der Waals surface area contributed by atoms with Crippen LogP contribution >= 0.6 is 0 Å². The number of nitrogens with zero attached hydrogens (tertiary/aromatic N) is 2. The van der Waals surface area contributed by atoms with Gasteiger partial charge in [-0.1, -0.05) is 30.3 Å². The molecular weight excluding hydrogens is 258 g/mol. The molecule has 1 saturated heterocycles. The zero-order valence-electron chi connectivity index (χ0n) is 12.7. The van der Waals surface area contributed by atoms with Crippen molar-refractivity contribution in [3.05, 3.63) is 35.9 Å². The van der Waals surface area contributed by atoms with Gasteiger partial charge in [0, 0.05) is 19.1 Å². The van der Waals surface area contributed by atoms with Crippen LogP contribution in [0.15, 0.2) is 30.3 Å². The quantitative estimate of drug-likeness (QED) is 0.907. The second-order valence-electron chi connectivity index (χ2n) is 6.43. The van der Waals surface area contributed by atoms with Crippen LogP contribution < -0.4 is 5.32 Å². The molecule has 0 unspecified atom stereocenters. The van der Waals surface area contributed by atoms with Crippen LogP contribution in [-0.4, -0.2) is 37.1 Å². The van der Waals surface area contributed by atoms with Crippen molar-refractivity contribution in [2.45, 2.75) is 43.6 Å². The molecule has 2 fully saturated rings. The fraction of sp³-hybridized carbons (Fsp3) is 0.611. The van der Waals surface area contributed by atoms with Gasteiger partial charge in [-0.25, -0.2) is 0 Å². The smallest absolute Gasteiger partial charge is 0.0823 e. The predicted molar refractivity (Wildman–Crippen MR) is 85.0 cm³/mol. The van der Waals surface area contributed by atoms with E-state index in [0.717, 1.165) is 45.3 Å². The summed E-state index contributed by atoms with van der Waals surface area (Å²) in [7, 11) is 0. The first-order chi connectivity index (χ1) is 10.3. The number of rotatable bonds is 2. The van der Waals surface area contributed by atoms with E-state index in [1.165, 1.54) is 18.5 Å². The monoisotopic (exact) mass is 283 g/mol. The van der Waals surface area contributed by atoms with Crippen LogP contribution in [0, 0.1) is 11.3 Å². The molecule has 1 aliphatic carbocycles. The highest BCUT2D eigenvalue weighted by molar-refractivity contribution is 5.33. The first-order valence-corrected chi connectivity index (χ1v) is 8.26. The zero-order valence-corrected chi connectivity index (χ0v) is 12.7. The number of benzene rings is 1. The van der Waals surface area contributed by atoms with E-state index in [9.17, 15) is 5.26 Å². The lowest BCUT2D eigenvalue weighted by Crippen LogP contribution is -2.43. The highest BCUT2D eigenvalue weighted by Gasteiger charge is 2.38. The Hall–Kier alpha value is -1.37. The molecule has 21 heavy (non-hydrogen) atoms. The summed E-state index contributed by atoms with van der Waals surface area (Å²) in [4.78, 5) is 2.65. The Balaban J connectivity index is 1.67. The molecule has 0 radical (unpaired) electrons. The Morgan fingerprint density at radius 2 is 1.86 bits per heavy atom. The van der Waals surface area contributed by atoms with Gasteiger partial charge in [0.25, 0.3) is 0 Å². The highest BCUT2D eigenvalue weighted by Crippen LogP contribution is 2.40. The predicted octanol–water partition coefficient (Wildman–Crippen LogP) is 2.69. The van der Waals surface area contributed by atoms with Gasteiger partial charge in [-0.05, 0) is 50.8 Å². The molecule has 0 bridgehead atoms. The van der Waals surface area contributed by atoms with Crippen LogP contribution in [0.5, 0.6) is 0 Å². The molecular formula is C18H25N3. The Morgan fingerprint density at radius 1 is 1.10 bits per heavy atom. The minimum Gasteiger partial charge on any atom is -0.315 e. The van der Waals surface area contributed by atoms with Crippen molar-refractivity contribution in [2.24, 2.45) is 0 Å². The maximum Gasteiger partial charge on any atom is 0.0823 e. The van der Waals surface area contributed by atoms with Crippen molar-refractivity contribution >= 4 is 0 Å². The number of nitrogens with one attached hydrogen (secondary N) is 1. The van der Waals surface area contributed by atoms with Gasteiger partial charge in [0.05, 0.1) is 11.5 Å². The molecule has 1 aliphatic heterocycles. The summed E-state index contributed by atoms with van der Waals surface area (Å²) in [6.45, 7) is 4.63. The largest absolute Gasteiger partial charge is 0.315 e. The average molecular weight is 283 g/mol. The number of hydrogen-bond donors (Lipinski definition) is 1. The molecule has 3 heteroatoms. The van der Waals surface area contributed by atoms with Gasteiger partial charge < -0.3 is 5.32 Å². The van der Waals surface area contributed by atoms with E-state index >= 15 is 0 Å². The van der Waals surface area contributed by atoms with Crippen molar-refractivity contribution in [2.75, 3.05) is 26.2 Å². The van der Waals surface area contributed by atoms with E-state index in [-0.39, 0.29) is 5.41 Å². The fourth-order valence-electron chi connectivity index (χ4n) is 3.91. The molecule has 1 N–H and O–H groups in total. The average Bonchev–Trinajstić information content (AvgIpc) is 2.85. The van der Waals surface area contributed by atoms with Crippen molar-refractivity contribution in [1.82, 2.24) is 10.2 Å². The summed E-state index contributed by atoms with van der Waals surface area (Å²) in [5.41, 5.74) is 0.963. The third kappa shape index (κ3) is 3.12. The van der Waals surface area contributed by atoms with Crippen molar-refractivity contribution in [3.8, 4) is 6.07 Å². The molecule has 112 valence electrons. The van der Waals surface area contributed by atoms with Gasteiger partial charge in [0.15, 0.2) is 0 Å². The summed E-state index contributed by atoms with van der Waals surface area (Å²) in [5, 5.41) is 13.2. The van der Waals surface area contributed by atoms with E-state index in [0.29, 0.717) is 6.04 Å². The molecule has 0 aromatic heterocycles. The summed E-state index contributed by atoms with van der Waals surface area (Å²) in [5.74, 6) is 0. The van der Waals surface area contributed by atoms with E-state index in [2.05, 4.69) is 40.6 Å². The van der Waals surface area contributed by atoms with Crippen LogP contribution in [0.25, 0.3) is 0 Å². The molecule has 2 aliphatic rings. The van der Waals surface area contributed by atoms with Crippen LogP contribution in [0.4, 0.5) is 0 Å². The van der Waals surface area contributed by atoms with Crippen molar-refractivity contribution < 1.29 is 0 Å². The first kappa shape index (κ1) is 14.6. The van der Waals surface area contributed by atoms with Crippen LogP contribution in [-0.2, 0) is 5.41 Å². The lowest BCUT2D eigenvalue weighted by molar-refractivity contribution is 0.145. The molecule has 0 amide bonds. The van der Waals surface area contributed by atoms with Crippen molar-refractivity contribution in [1.29, 1.82) is 5.26 Å². The molecule has 0 spiro atoms. The third-order valence-corrected chi connectivity index (χ3v) is 5.24. The molecule has 1 aromatic carbocycles. The lowest BCUT2D eigenvalue weighted by atomic mass is 9.69. The fourth-order valence-corrected chi connectivity index (χ4v) is 3.91. The minimum absolute atomic E-state index is 0.248.